The predicted octanol–water partition coefficient (Wildman–Crippen LogP) is 3.94. The molecule has 2 aromatic carbocycles. The van der Waals surface area contributed by atoms with Crippen molar-refractivity contribution in [2.75, 3.05) is 11.1 Å². The molecule has 0 saturated carbocycles. The van der Waals surface area contributed by atoms with Crippen molar-refractivity contribution in [2.24, 2.45) is 0 Å². The topological polar surface area (TPSA) is 38.0 Å². The third-order valence-electron chi connectivity index (χ3n) is 2.13. The first-order chi connectivity index (χ1) is 8.04. The summed E-state index contributed by atoms with van der Waals surface area (Å²) in [6.07, 6.45) is 0. The van der Waals surface area contributed by atoms with E-state index in [4.69, 9.17) is 17.3 Å². The van der Waals surface area contributed by atoms with E-state index in [-0.39, 0.29) is 10.7 Å². The van der Waals surface area contributed by atoms with Crippen LogP contribution in [0.2, 0.25) is 5.02 Å². The zero-order valence-corrected chi connectivity index (χ0v) is 9.43. The first kappa shape index (κ1) is 11.7. The van der Waals surface area contributed by atoms with Crippen molar-refractivity contribution < 1.29 is 8.78 Å². The standard InChI is InChI=1S/C12H9ClF2N2/c13-7-3-8(14)5-10(4-7)17-12-2-1-9(16)6-11(12)15/h1-6,17H,16H2. The van der Waals surface area contributed by atoms with Crippen LogP contribution in [-0.2, 0) is 0 Å². The van der Waals surface area contributed by atoms with Crippen LogP contribution < -0.4 is 11.1 Å². The monoisotopic (exact) mass is 254 g/mol. The Hall–Kier alpha value is -1.81. The number of halogens is 3. The first-order valence-electron chi connectivity index (χ1n) is 4.83. The molecule has 2 aromatic rings. The third-order valence-corrected chi connectivity index (χ3v) is 2.35. The lowest BCUT2D eigenvalue weighted by molar-refractivity contribution is 0.627. The van der Waals surface area contributed by atoms with Crippen molar-refractivity contribution in [1.82, 2.24) is 0 Å². The third kappa shape index (κ3) is 2.85. The fraction of sp³-hybridized carbons (Fsp3) is 0. The van der Waals surface area contributed by atoms with Gasteiger partial charge in [-0.25, -0.2) is 8.78 Å². The zero-order chi connectivity index (χ0) is 12.4. The molecule has 0 aromatic heterocycles. The number of anilines is 3. The Morgan fingerprint density at radius 1 is 1.06 bits per heavy atom. The lowest BCUT2D eigenvalue weighted by Gasteiger charge is -2.08. The average Bonchev–Trinajstić information content (AvgIpc) is 2.21. The van der Waals surface area contributed by atoms with E-state index in [2.05, 4.69) is 5.32 Å². The minimum absolute atomic E-state index is 0.209. The highest BCUT2D eigenvalue weighted by molar-refractivity contribution is 6.30. The number of rotatable bonds is 2. The van der Waals surface area contributed by atoms with Crippen molar-refractivity contribution >= 4 is 28.7 Å². The quantitative estimate of drug-likeness (QED) is 0.797. The van der Waals surface area contributed by atoms with Crippen molar-refractivity contribution in [3.05, 3.63) is 53.1 Å². The number of benzene rings is 2. The summed E-state index contributed by atoms with van der Waals surface area (Å²) >= 11 is 5.69. The van der Waals surface area contributed by atoms with E-state index in [0.29, 0.717) is 11.4 Å². The normalized spacial score (nSPS) is 10.3. The lowest BCUT2D eigenvalue weighted by Crippen LogP contribution is -1.96. The second-order valence-corrected chi connectivity index (χ2v) is 3.96. The summed E-state index contributed by atoms with van der Waals surface area (Å²) in [6, 6.07) is 8.10. The number of nitrogens with one attached hydrogen (secondary N) is 1. The van der Waals surface area contributed by atoms with Gasteiger partial charge in [0.15, 0.2) is 0 Å². The number of nitrogen functional groups attached to an aromatic ring is 1. The van der Waals surface area contributed by atoms with Crippen LogP contribution in [0.3, 0.4) is 0 Å². The first-order valence-corrected chi connectivity index (χ1v) is 5.20. The molecule has 0 aliphatic carbocycles. The molecule has 0 unspecified atom stereocenters. The Kier molecular flexibility index (Phi) is 3.15. The summed E-state index contributed by atoms with van der Waals surface area (Å²) in [5.41, 5.74) is 6.33. The minimum Gasteiger partial charge on any atom is -0.399 e. The van der Waals surface area contributed by atoms with E-state index >= 15 is 0 Å². The Labute approximate surface area is 102 Å². The van der Waals surface area contributed by atoms with Gasteiger partial charge in [0.1, 0.15) is 11.6 Å². The second-order valence-electron chi connectivity index (χ2n) is 3.52. The van der Waals surface area contributed by atoms with Gasteiger partial charge in [-0.05, 0) is 36.4 Å². The smallest absolute Gasteiger partial charge is 0.148 e. The summed E-state index contributed by atoms with van der Waals surface area (Å²) in [6.45, 7) is 0. The molecule has 0 radical (unpaired) electrons. The van der Waals surface area contributed by atoms with Crippen LogP contribution in [0.5, 0.6) is 0 Å². The fourth-order valence-electron chi connectivity index (χ4n) is 1.41. The molecule has 0 spiro atoms. The SMILES string of the molecule is Nc1ccc(Nc2cc(F)cc(Cl)c2)c(F)c1. The van der Waals surface area contributed by atoms with Gasteiger partial charge in [0.2, 0.25) is 0 Å². The van der Waals surface area contributed by atoms with Crippen molar-refractivity contribution in [2.45, 2.75) is 0 Å². The van der Waals surface area contributed by atoms with E-state index in [0.717, 1.165) is 0 Å². The molecular formula is C12H9ClF2N2. The number of nitrogens with two attached hydrogens (primary N) is 1. The van der Waals surface area contributed by atoms with E-state index in [1.54, 1.807) is 6.07 Å². The Bertz CT molecular complexity index is 538. The van der Waals surface area contributed by atoms with Gasteiger partial charge in [-0.15, -0.1) is 0 Å². The van der Waals surface area contributed by atoms with Crippen LogP contribution in [0.15, 0.2) is 36.4 Å². The van der Waals surface area contributed by atoms with Gasteiger partial charge < -0.3 is 11.1 Å². The van der Waals surface area contributed by atoms with Gasteiger partial charge >= 0.3 is 0 Å². The van der Waals surface area contributed by atoms with E-state index in [1.807, 2.05) is 0 Å². The molecule has 3 N–H and O–H groups in total. The second kappa shape index (κ2) is 4.59. The molecule has 2 nitrogen and oxygen atoms in total. The minimum atomic E-state index is -0.509. The van der Waals surface area contributed by atoms with Gasteiger partial charge in [0.25, 0.3) is 0 Å². The van der Waals surface area contributed by atoms with Crippen LogP contribution in [0.25, 0.3) is 0 Å². The maximum absolute atomic E-state index is 13.5. The Morgan fingerprint density at radius 2 is 1.82 bits per heavy atom. The zero-order valence-electron chi connectivity index (χ0n) is 8.68. The van der Waals surface area contributed by atoms with Gasteiger partial charge in [0.05, 0.1) is 5.69 Å². The van der Waals surface area contributed by atoms with Crippen LogP contribution >= 0.6 is 11.6 Å². The molecule has 0 atom stereocenters. The highest BCUT2D eigenvalue weighted by Gasteiger charge is 2.04. The van der Waals surface area contributed by atoms with Crippen LogP contribution in [0, 0.1) is 11.6 Å². The molecule has 0 amide bonds. The highest BCUT2D eigenvalue weighted by Crippen LogP contribution is 2.24. The lowest BCUT2D eigenvalue weighted by atomic mass is 10.2. The molecule has 88 valence electrons. The molecule has 0 fully saturated rings. The fourth-order valence-corrected chi connectivity index (χ4v) is 1.64. The van der Waals surface area contributed by atoms with Gasteiger partial charge in [0, 0.05) is 16.4 Å². The van der Waals surface area contributed by atoms with Gasteiger partial charge in [-0.1, -0.05) is 11.6 Å². The summed E-state index contributed by atoms with van der Waals surface area (Å²) < 4.78 is 26.5. The van der Waals surface area contributed by atoms with E-state index in [1.165, 1.54) is 30.3 Å². The van der Waals surface area contributed by atoms with Crippen LogP contribution in [0.1, 0.15) is 0 Å². The summed E-state index contributed by atoms with van der Waals surface area (Å²) in [4.78, 5) is 0. The van der Waals surface area contributed by atoms with Crippen molar-refractivity contribution in [3.63, 3.8) is 0 Å². The Balaban J connectivity index is 2.31. The molecule has 0 bridgehead atoms. The van der Waals surface area contributed by atoms with E-state index < -0.39 is 11.6 Å². The maximum Gasteiger partial charge on any atom is 0.148 e. The summed E-state index contributed by atoms with van der Waals surface area (Å²) in [5, 5.41) is 2.97. The number of hydrogen-bond acceptors (Lipinski definition) is 2. The molecule has 0 saturated heterocycles. The van der Waals surface area contributed by atoms with Gasteiger partial charge in [-0.3, -0.25) is 0 Å². The van der Waals surface area contributed by atoms with Crippen molar-refractivity contribution in [3.8, 4) is 0 Å². The molecule has 0 heterocycles. The van der Waals surface area contributed by atoms with Crippen LogP contribution in [-0.4, -0.2) is 0 Å². The maximum atomic E-state index is 13.5. The average molecular weight is 255 g/mol. The molecule has 0 aliphatic heterocycles. The molecule has 5 heteroatoms. The molecular weight excluding hydrogens is 246 g/mol. The highest BCUT2D eigenvalue weighted by atomic mass is 35.5. The van der Waals surface area contributed by atoms with E-state index in [9.17, 15) is 8.78 Å². The predicted molar refractivity (Wildman–Crippen MR) is 65.5 cm³/mol. The van der Waals surface area contributed by atoms with Gasteiger partial charge in [-0.2, -0.15) is 0 Å². The number of hydrogen-bond donors (Lipinski definition) is 2. The summed E-state index contributed by atoms with van der Waals surface area (Å²) in [5.74, 6) is -0.999. The van der Waals surface area contributed by atoms with Crippen LogP contribution in [0.4, 0.5) is 25.8 Å². The Morgan fingerprint density at radius 3 is 2.47 bits per heavy atom. The largest absolute Gasteiger partial charge is 0.399 e. The molecule has 2 rings (SSSR count). The summed E-state index contributed by atoms with van der Waals surface area (Å²) in [7, 11) is 0. The molecule has 17 heavy (non-hydrogen) atoms. The van der Waals surface area contributed by atoms with Crippen molar-refractivity contribution in [1.29, 1.82) is 0 Å². The molecule has 0 aliphatic rings.